The van der Waals surface area contributed by atoms with E-state index >= 15 is 0 Å². The van der Waals surface area contributed by atoms with Gasteiger partial charge in [0.05, 0.1) is 0 Å². The zero-order chi connectivity index (χ0) is 8.72. The number of aromatic nitrogens is 1. The Kier molecular flexibility index (Phi) is 1.73. The third-order valence-corrected chi connectivity index (χ3v) is 3.06. The average Bonchev–Trinajstić information content (AvgIpc) is 2.82. The van der Waals surface area contributed by atoms with Crippen LogP contribution in [-0.2, 0) is 0 Å². The first-order valence-corrected chi connectivity index (χ1v) is 4.80. The molecule has 3 heteroatoms. The smallest absolute Gasteiger partial charge is 0.121 e. The highest BCUT2D eigenvalue weighted by Gasteiger charge is 2.27. The van der Waals surface area contributed by atoms with Gasteiger partial charge >= 0.3 is 0 Å². The first-order chi connectivity index (χ1) is 5.74. The number of halogens is 1. The van der Waals surface area contributed by atoms with Crippen LogP contribution in [0.5, 0.6) is 0 Å². The van der Waals surface area contributed by atoms with Gasteiger partial charge in [-0.15, -0.1) is 0 Å². The summed E-state index contributed by atoms with van der Waals surface area (Å²) in [7, 11) is 0. The van der Waals surface area contributed by atoms with Gasteiger partial charge in [0.2, 0.25) is 0 Å². The number of hydrogen-bond acceptors (Lipinski definition) is 1. The van der Waals surface area contributed by atoms with Crippen LogP contribution in [0.3, 0.4) is 0 Å². The second-order valence-corrected chi connectivity index (χ2v) is 4.03. The summed E-state index contributed by atoms with van der Waals surface area (Å²) < 4.78 is 3.18. The predicted molar refractivity (Wildman–Crippen MR) is 49.9 cm³/mol. The molecule has 1 aromatic rings. The molecule has 0 amide bonds. The van der Waals surface area contributed by atoms with Gasteiger partial charge in [-0.05, 0) is 41.8 Å². The molecule has 1 aliphatic rings. The lowest BCUT2D eigenvalue weighted by Gasteiger charge is -2.04. The zero-order valence-corrected chi connectivity index (χ0v) is 8.43. The molecule has 0 radical (unpaired) electrons. The van der Waals surface area contributed by atoms with E-state index in [1.165, 1.54) is 18.5 Å². The standard InChI is InChI=1S/C9H9BrN2/c1-6-9(10)4-8(5-11)12(6)7-2-3-7/h4,7H,2-3H2,1H3. The summed E-state index contributed by atoms with van der Waals surface area (Å²) in [5.74, 6) is 0. The van der Waals surface area contributed by atoms with Crippen molar-refractivity contribution in [1.82, 2.24) is 4.57 Å². The second kappa shape index (κ2) is 2.63. The Bertz CT molecular complexity index is 355. The van der Waals surface area contributed by atoms with Crippen molar-refractivity contribution in [2.24, 2.45) is 0 Å². The van der Waals surface area contributed by atoms with Crippen molar-refractivity contribution >= 4 is 15.9 Å². The topological polar surface area (TPSA) is 28.7 Å². The maximum Gasteiger partial charge on any atom is 0.121 e. The second-order valence-electron chi connectivity index (χ2n) is 3.18. The molecule has 1 aliphatic carbocycles. The molecule has 0 spiro atoms. The molecule has 1 fully saturated rings. The van der Waals surface area contributed by atoms with Crippen molar-refractivity contribution in [3.63, 3.8) is 0 Å². The van der Waals surface area contributed by atoms with Crippen LogP contribution in [0, 0.1) is 18.3 Å². The van der Waals surface area contributed by atoms with Crippen molar-refractivity contribution in [2.45, 2.75) is 25.8 Å². The Hall–Kier alpha value is -0.750. The highest BCUT2D eigenvalue weighted by molar-refractivity contribution is 9.10. The van der Waals surface area contributed by atoms with Crippen LogP contribution in [-0.4, -0.2) is 4.57 Å². The number of nitriles is 1. The third-order valence-electron chi connectivity index (χ3n) is 2.26. The van der Waals surface area contributed by atoms with Crippen molar-refractivity contribution in [2.75, 3.05) is 0 Å². The van der Waals surface area contributed by atoms with Gasteiger partial charge in [-0.1, -0.05) is 0 Å². The number of nitrogens with zero attached hydrogens (tertiary/aromatic N) is 2. The summed E-state index contributed by atoms with van der Waals surface area (Å²) in [4.78, 5) is 0. The van der Waals surface area contributed by atoms with E-state index in [-0.39, 0.29) is 0 Å². The zero-order valence-electron chi connectivity index (χ0n) is 6.84. The summed E-state index contributed by atoms with van der Waals surface area (Å²) in [6.07, 6.45) is 2.44. The molecule has 0 N–H and O–H groups in total. The van der Waals surface area contributed by atoms with E-state index in [1.807, 2.05) is 13.0 Å². The molecule has 62 valence electrons. The highest BCUT2D eigenvalue weighted by Crippen LogP contribution is 2.39. The van der Waals surface area contributed by atoms with E-state index in [2.05, 4.69) is 26.6 Å². The molecular formula is C9H9BrN2. The lowest BCUT2D eigenvalue weighted by Crippen LogP contribution is -1.98. The molecule has 0 saturated heterocycles. The van der Waals surface area contributed by atoms with Gasteiger partial charge < -0.3 is 4.57 Å². The van der Waals surface area contributed by atoms with Gasteiger partial charge in [-0.3, -0.25) is 0 Å². The largest absolute Gasteiger partial charge is 0.333 e. The third kappa shape index (κ3) is 1.07. The minimum atomic E-state index is 0.589. The lowest BCUT2D eigenvalue weighted by molar-refractivity contribution is 0.711. The average molecular weight is 225 g/mol. The fourth-order valence-corrected chi connectivity index (χ4v) is 1.89. The van der Waals surface area contributed by atoms with Crippen molar-refractivity contribution in [1.29, 1.82) is 5.26 Å². The van der Waals surface area contributed by atoms with E-state index in [0.717, 1.165) is 10.2 Å². The Balaban J connectivity index is 2.55. The molecule has 0 bridgehead atoms. The summed E-state index contributed by atoms with van der Waals surface area (Å²) in [6.45, 7) is 2.04. The molecule has 2 nitrogen and oxygen atoms in total. The summed E-state index contributed by atoms with van der Waals surface area (Å²) >= 11 is 3.43. The normalized spacial score (nSPS) is 16.1. The van der Waals surface area contributed by atoms with E-state index in [9.17, 15) is 0 Å². The highest BCUT2D eigenvalue weighted by atomic mass is 79.9. The summed E-state index contributed by atoms with van der Waals surface area (Å²) in [6, 6.07) is 4.70. The van der Waals surface area contributed by atoms with Gasteiger partial charge in [-0.25, -0.2) is 0 Å². The molecule has 0 aromatic carbocycles. The van der Waals surface area contributed by atoms with Crippen molar-refractivity contribution < 1.29 is 0 Å². The Morgan fingerprint density at radius 1 is 1.67 bits per heavy atom. The molecule has 2 rings (SSSR count). The maximum atomic E-state index is 8.84. The quantitative estimate of drug-likeness (QED) is 0.722. The van der Waals surface area contributed by atoms with Crippen LogP contribution in [0.4, 0.5) is 0 Å². The fraction of sp³-hybridized carbons (Fsp3) is 0.444. The summed E-state index contributed by atoms with van der Waals surface area (Å²) in [5, 5.41) is 8.84. The van der Waals surface area contributed by atoms with E-state index in [0.29, 0.717) is 6.04 Å². The molecule has 12 heavy (non-hydrogen) atoms. The lowest BCUT2D eigenvalue weighted by atomic mass is 10.4. The Morgan fingerprint density at radius 2 is 2.33 bits per heavy atom. The van der Waals surface area contributed by atoms with Crippen LogP contribution in [0.2, 0.25) is 0 Å². The Morgan fingerprint density at radius 3 is 2.83 bits per heavy atom. The fourth-order valence-electron chi connectivity index (χ4n) is 1.48. The monoisotopic (exact) mass is 224 g/mol. The molecule has 1 heterocycles. The van der Waals surface area contributed by atoms with Crippen molar-refractivity contribution in [3.8, 4) is 6.07 Å². The van der Waals surface area contributed by atoms with Gasteiger partial charge in [0, 0.05) is 16.2 Å². The molecule has 0 unspecified atom stereocenters. The first kappa shape index (κ1) is 7.88. The van der Waals surface area contributed by atoms with Gasteiger partial charge in [-0.2, -0.15) is 5.26 Å². The van der Waals surface area contributed by atoms with E-state index in [4.69, 9.17) is 5.26 Å². The SMILES string of the molecule is Cc1c(Br)cc(C#N)n1C1CC1. The van der Waals surface area contributed by atoms with Gasteiger partial charge in [0.1, 0.15) is 11.8 Å². The first-order valence-electron chi connectivity index (χ1n) is 4.01. The van der Waals surface area contributed by atoms with Crippen LogP contribution in [0.1, 0.15) is 30.3 Å². The van der Waals surface area contributed by atoms with Crippen LogP contribution >= 0.6 is 15.9 Å². The molecule has 1 aromatic heterocycles. The van der Waals surface area contributed by atoms with Crippen LogP contribution in [0.15, 0.2) is 10.5 Å². The summed E-state index contributed by atoms with van der Waals surface area (Å²) in [5.41, 5.74) is 1.95. The minimum absolute atomic E-state index is 0.589. The van der Waals surface area contributed by atoms with E-state index < -0.39 is 0 Å². The van der Waals surface area contributed by atoms with E-state index in [1.54, 1.807) is 0 Å². The number of hydrogen-bond donors (Lipinski definition) is 0. The Labute approximate surface area is 79.9 Å². The van der Waals surface area contributed by atoms with Crippen LogP contribution in [0.25, 0.3) is 0 Å². The van der Waals surface area contributed by atoms with Crippen molar-refractivity contribution in [3.05, 3.63) is 21.9 Å². The van der Waals surface area contributed by atoms with Gasteiger partial charge in [0.15, 0.2) is 0 Å². The molecular weight excluding hydrogens is 216 g/mol. The van der Waals surface area contributed by atoms with Crippen LogP contribution < -0.4 is 0 Å². The molecule has 1 saturated carbocycles. The minimum Gasteiger partial charge on any atom is -0.333 e. The predicted octanol–water partition coefficient (Wildman–Crippen LogP) is 2.77. The van der Waals surface area contributed by atoms with Gasteiger partial charge in [0.25, 0.3) is 0 Å². The molecule has 0 aliphatic heterocycles. The maximum absolute atomic E-state index is 8.84. The number of rotatable bonds is 1. The molecule has 0 atom stereocenters.